The lowest BCUT2D eigenvalue weighted by Gasteiger charge is -1.87. The van der Waals surface area contributed by atoms with Gasteiger partial charge in [-0.25, -0.2) is 0 Å². The lowest BCUT2D eigenvalue weighted by Crippen LogP contribution is -1.78. The van der Waals surface area contributed by atoms with Crippen molar-refractivity contribution in [2.24, 2.45) is 0 Å². The summed E-state index contributed by atoms with van der Waals surface area (Å²) in [6.45, 7) is 5.39. The smallest absolute Gasteiger partial charge is 0.251 e. The number of aromatic amines is 1. The van der Waals surface area contributed by atoms with Crippen LogP contribution in [0, 0.1) is 6.92 Å². The van der Waals surface area contributed by atoms with Crippen molar-refractivity contribution in [2.45, 2.75) is 6.92 Å². The third-order valence-electron chi connectivity index (χ3n) is 1.68. The second-order valence-electron chi connectivity index (χ2n) is 2.53. The van der Waals surface area contributed by atoms with E-state index in [1.807, 2.05) is 6.92 Å². The first-order valence-electron chi connectivity index (χ1n) is 3.78. The molecule has 0 saturated heterocycles. The van der Waals surface area contributed by atoms with Gasteiger partial charge >= 0.3 is 0 Å². The minimum atomic E-state index is 0.413. The summed E-state index contributed by atoms with van der Waals surface area (Å²) >= 11 is 0. The number of nitrogens with zero attached hydrogens (tertiary/aromatic N) is 3. The predicted octanol–water partition coefficient (Wildman–Crippen LogP) is 1.41. The largest absolute Gasteiger partial charge is 0.417 e. The Morgan fingerprint density at radius 2 is 2.38 bits per heavy atom. The Morgan fingerprint density at radius 1 is 1.54 bits per heavy atom. The van der Waals surface area contributed by atoms with Crippen molar-refractivity contribution >= 4 is 6.08 Å². The Labute approximate surface area is 74.5 Å². The van der Waals surface area contributed by atoms with Crippen LogP contribution in [0.5, 0.6) is 0 Å². The summed E-state index contributed by atoms with van der Waals surface area (Å²) in [5.41, 5.74) is 1.65. The first-order chi connectivity index (χ1) is 6.31. The first-order valence-corrected chi connectivity index (χ1v) is 3.78. The highest BCUT2D eigenvalue weighted by molar-refractivity contribution is 5.54. The summed E-state index contributed by atoms with van der Waals surface area (Å²) < 4.78 is 5.26. The van der Waals surface area contributed by atoms with Crippen molar-refractivity contribution in [1.29, 1.82) is 0 Å². The Hall–Kier alpha value is -1.91. The van der Waals surface area contributed by atoms with Gasteiger partial charge in [-0.2, -0.15) is 5.10 Å². The van der Waals surface area contributed by atoms with Crippen molar-refractivity contribution in [3.05, 3.63) is 24.4 Å². The van der Waals surface area contributed by atoms with Crippen LogP contribution in [0.2, 0.25) is 0 Å². The van der Waals surface area contributed by atoms with Crippen LogP contribution in [-0.4, -0.2) is 20.4 Å². The van der Waals surface area contributed by atoms with Gasteiger partial charge < -0.3 is 4.42 Å². The minimum absolute atomic E-state index is 0.413. The molecule has 0 spiro atoms. The number of hydrogen-bond donors (Lipinski definition) is 1. The summed E-state index contributed by atoms with van der Waals surface area (Å²) in [4.78, 5) is 0. The third kappa shape index (κ3) is 1.24. The van der Waals surface area contributed by atoms with Crippen LogP contribution in [0.3, 0.4) is 0 Å². The SMILES string of the molecule is C=Cc1nnc(-c2c[nH]nc2C)o1. The maximum absolute atomic E-state index is 5.26. The van der Waals surface area contributed by atoms with E-state index in [9.17, 15) is 0 Å². The predicted molar refractivity (Wildman–Crippen MR) is 46.7 cm³/mol. The molecule has 5 heteroatoms. The van der Waals surface area contributed by atoms with E-state index < -0.39 is 0 Å². The van der Waals surface area contributed by atoms with Gasteiger partial charge in [-0.05, 0) is 13.0 Å². The van der Waals surface area contributed by atoms with Crippen LogP contribution < -0.4 is 0 Å². The zero-order valence-electron chi connectivity index (χ0n) is 7.11. The number of rotatable bonds is 2. The van der Waals surface area contributed by atoms with Gasteiger partial charge in [0.1, 0.15) is 0 Å². The van der Waals surface area contributed by atoms with Gasteiger partial charge in [0.05, 0.1) is 11.3 Å². The van der Waals surface area contributed by atoms with Crippen LogP contribution >= 0.6 is 0 Å². The topological polar surface area (TPSA) is 67.6 Å². The van der Waals surface area contributed by atoms with Crippen LogP contribution in [-0.2, 0) is 0 Å². The van der Waals surface area contributed by atoms with Crippen LogP contribution in [0.1, 0.15) is 11.6 Å². The highest BCUT2D eigenvalue weighted by Crippen LogP contribution is 2.19. The Balaban J connectivity index is 2.46. The molecule has 0 unspecified atom stereocenters. The van der Waals surface area contributed by atoms with E-state index in [1.165, 1.54) is 6.08 Å². The minimum Gasteiger partial charge on any atom is -0.417 e. The normalized spacial score (nSPS) is 10.2. The fraction of sp³-hybridized carbons (Fsp3) is 0.125. The molecule has 0 aliphatic rings. The molecular weight excluding hydrogens is 168 g/mol. The van der Waals surface area contributed by atoms with Crippen molar-refractivity contribution in [1.82, 2.24) is 20.4 Å². The quantitative estimate of drug-likeness (QED) is 0.751. The van der Waals surface area contributed by atoms with Gasteiger partial charge in [-0.15, -0.1) is 10.2 Å². The number of nitrogens with one attached hydrogen (secondary N) is 1. The number of aryl methyl sites for hydroxylation is 1. The van der Waals surface area contributed by atoms with Crippen molar-refractivity contribution in [3.8, 4) is 11.5 Å². The van der Waals surface area contributed by atoms with Crippen LogP contribution in [0.15, 0.2) is 17.2 Å². The third-order valence-corrected chi connectivity index (χ3v) is 1.68. The van der Waals surface area contributed by atoms with Gasteiger partial charge in [0, 0.05) is 6.20 Å². The van der Waals surface area contributed by atoms with E-state index in [0.717, 1.165) is 11.3 Å². The lowest BCUT2D eigenvalue weighted by molar-refractivity contribution is 0.557. The Bertz CT molecular complexity index is 429. The molecule has 0 atom stereocenters. The molecule has 0 radical (unpaired) electrons. The molecule has 13 heavy (non-hydrogen) atoms. The zero-order chi connectivity index (χ0) is 9.26. The molecule has 0 amide bonds. The average Bonchev–Trinajstić information content (AvgIpc) is 2.71. The average molecular weight is 176 g/mol. The summed E-state index contributed by atoms with van der Waals surface area (Å²) in [6.07, 6.45) is 3.22. The fourth-order valence-corrected chi connectivity index (χ4v) is 1.00. The highest BCUT2D eigenvalue weighted by Gasteiger charge is 2.10. The molecule has 2 aromatic heterocycles. The van der Waals surface area contributed by atoms with E-state index >= 15 is 0 Å². The van der Waals surface area contributed by atoms with Crippen molar-refractivity contribution < 1.29 is 4.42 Å². The van der Waals surface area contributed by atoms with E-state index in [0.29, 0.717) is 11.8 Å². The molecule has 2 heterocycles. The second-order valence-corrected chi connectivity index (χ2v) is 2.53. The van der Waals surface area contributed by atoms with Gasteiger partial charge in [-0.3, -0.25) is 5.10 Å². The standard InChI is InChI=1S/C8H8N4O/c1-3-7-11-12-8(13-7)6-4-9-10-5(6)2/h3-4H,1H2,2H3,(H,9,10). The molecule has 0 aliphatic carbocycles. The maximum atomic E-state index is 5.26. The molecule has 0 bridgehead atoms. The first kappa shape index (κ1) is 7.72. The second kappa shape index (κ2) is 2.85. The molecule has 0 aliphatic heterocycles. The molecule has 1 N–H and O–H groups in total. The number of aromatic nitrogens is 4. The van der Waals surface area contributed by atoms with Crippen molar-refractivity contribution in [2.75, 3.05) is 0 Å². The number of H-pyrrole nitrogens is 1. The van der Waals surface area contributed by atoms with Crippen molar-refractivity contribution in [3.63, 3.8) is 0 Å². The molecule has 5 nitrogen and oxygen atoms in total. The van der Waals surface area contributed by atoms with Gasteiger partial charge in [0.2, 0.25) is 5.89 Å². The molecule has 0 saturated carbocycles. The number of hydrogen-bond acceptors (Lipinski definition) is 4. The van der Waals surface area contributed by atoms with Gasteiger partial charge in [0.15, 0.2) is 0 Å². The summed E-state index contributed by atoms with van der Waals surface area (Å²) in [6, 6.07) is 0. The Morgan fingerprint density at radius 3 is 2.92 bits per heavy atom. The zero-order valence-corrected chi connectivity index (χ0v) is 7.11. The van der Waals surface area contributed by atoms with Crippen LogP contribution in [0.25, 0.3) is 17.5 Å². The van der Waals surface area contributed by atoms with E-state index in [-0.39, 0.29) is 0 Å². The van der Waals surface area contributed by atoms with E-state index in [1.54, 1.807) is 6.20 Å². The summed E-state index contributed by atoms with van der Waals surface area (Å²) in [5, 5.41) is 14.3. The lowest BCUT2D eigenvalue weighted by atomic mass is 10.3. The molecule has 66 valence electrons. The van der Waals surface area contributed by atoms with Gasteiger partial charge in [-0.1, -0.05) is 6.58 Å². The van der Waals surface area contributed by atoms with E-state index in [4.69, 9.17) is 4.42 Å². The molecule has 0 aromatic carbocycles. The molecule has 2 rings (SSSR count). The summed E-state index contributed by atoms with van der Waals surface area (Å²) in [5.74, 6) is 0.872. The molecule has 0 fully saturated rings. The molecular formula is C8H8N4O. The Kier molecular flexibility index (Phi) is 1.70. The van der Waals surface area contributed by atoms with Gasteiger partial charge in [0.25, 0.3) is 5.89 Å². The monoisotopic (exact) mass is 176 g/mol. The summed E-state index contributed by atoms with van der Waals surface area (Å²) in [7, 11) is 0. The highest BCUT2D eigenvalue weighted by atomic mass is 16.4. The fourth-order valence-electron chi connectivity index (χ4n) is 1.00. The van der Waals surface area contributed by atoms with E-state index in [2.05, 4.69) is 27.0 Å². The maximum Gasteiger partial charge on any atom is 0.251 e. The molecule has 2 aromatic rings. The van der Waals surface area contributed by atoms with Crippen LogP contribution in [0.4, 0.5) is 0 Å².